The summed E-state index contributed by atoms with van der Waals surface area (Å²) in [6.45, 7) is 7.98. The van der Waals surface area contributed by atoms with Crippen LogP contribution in [0.25, 0.3) is 11.1 Å². The topological polar surface area (TPSA) is 47.2 Å². The number of hydrogen-bond acceptors (Lipinski definition) is 3. The molecule has 1 aromatic carbocycles. The van der Waals surface area contributed by atoms with E-state index in [0.29, 0.717) is 18.2 Å². The Bertz CT molecular complexity index is 619. The van der Waals surface area contributed by atoms with Gasteiger partial charge >= 0.3 is 5.76 Å². The van der Waals surface area contributed by atoms with Crippen LogP contribution in [-0.4, -0.2) is 11.1 Å². The molecule has 4 nitrogen and oxygen atoms in total. The second-order valence-electron chi connectivity index (χ2n) is 5.49. The number of nitrogens with one attached hydrogen (secondary N) is 1. The fourth-order valence-corrected chi connectivity index (χ4v) is 2.71. The molecule has 0 bridgehead atoms. The van der Waals surface area contributed by atoms with E-state index in [2.05, 4.69) is 25.2 Å². The van der Waals surface area contributed by atoms with Gasteiger partial charge in [0.05, 0.1) is 5.52 Å². The van der Waals surface area contributed by atoms with Gasteiger partial charge < -0.3 is 9.73 Å². The fraction of sp³-hybridized carbons (Fsp3) is 0.588. The molecule has 1 N–H and O–H groups in total. The standard InChI is InChI=1S/C17H26N2O2/c1-4-7-8-14(18-11-5-2)13-9-10-15-16(12-13)21-17(20)19(15)6-3/h9-10,12,14,18H,4-8,11H2,1-3H3. The Kier molecular flexibility index (Phi) is 5.62. The zero-order chi connectivity index (χ0) is 15.2. The van der Waals surface area contributed by atoms with Gasteiger partial charge in [-0.05, 0) is 44.0 Å². The third-order valence-corrected chi connectivity index (χ3v) is 3.90. The van der Waals surface area contributed by atoms with E-state index in [0.717, 1.165) is 24.9 Å². The minimum absolute atomic E-state index is 0.267. The average molecular weight is 290 g/mol. The van der Waals surface area contributed by atoms with Crippen LogP contribution in [0, 0.1) is 0 Å². The van der Waals surface area contributed by atoms with E-state index in [1.807, 2.05) is 19.1 Å². The number of aryl methyl sites for hydroxylation is 1. The van der Waals surface area contributed by atoms with E-state index in [1.165, 1.54) is 18.4 Å². The highest BCUT2D eigenvalue weighted by Crippen LogP contribution is 2.23. The van der Waals surface area contributed by atoms with E-state index < -0.39 is 0 Å². The van der Waals surface area contributed by atoms with Crippen LogP contribution >= 0.6 is 0 Å². The Morgan fingerprint density at radius 1 is 1.24 bits per heavy atom. The summed E-state index contributed by atoms with van der Waals surface area (Å²) in [6, 6.07) is 6.48. The van der Waals surface area contributed by atoms with Gasteiger partial charge in [0.25, 0.3) is 0 Å². The molecule has 116 valence electrons. The smallest absolute Gasteiger partial charge is 0.408 e. The number of benzene rings is 1. The SMILES string of the molecule is CCCCC(NCCC)c1ccc2c(c1)oc(=O)n2CC. The number of unbranched alkanes of at least 4 members (excludes halogenated alkanes) is 1. The van der Waals surface area contributed by atoms with Crippen molar-refractivity contribution in [3.8, 4) is 0 Å². The van der Waals surface area contributed by atoms with E-state index in [-0.39, 0.29) is 5.76 Å². The van der Waals surface area contributed by atoms with Crippen molar-refractivity contribution in [1.29, 1.82) is 0 Å². The molecule has 1 unspecified atom stereocenters. The largest absolute Gasteiger partial charge is 0.419 e. The fourth-order valence-electron chi connectivity index (χ4n) is 2.71. The van der Waals surface area contributed by atoms with Gasteiger partial charge in [-0.3, -0.25) is 4.57 Å². The van der Waals surface area contributed by atoms with Crippen molar-refractivity contribution in [2.45, 2.75) is 59.0 Å². The molecular weight excluding hydrogens is 264 g/mol. The lowest BCUT2D eigenvalue weighted by Crippen LogP contribution is -2.22. The van der Waals surface area contributed by atoms with Gasteiger partial charge in [-0.2, -0.15) is 0 Å². The molecule has 1 heterocycles. The van der Waals surface area contributed by atoms with Crippen molar-refractivity contribution in [3.05, 3.63) is 34.3 Å². The predicted molar refractivity (Wildman–Crippen MR) is 86.7 cm³/mol. The molecule has 2 aromatic rings. The molecule has 0 spiro atoms. The van der Waals surface area contributed by atoms with Gasteiger partial charge in [-0.1, -0.05) is 32.8 Å². The maximum atomic E-state index is 11.8. The first-order valence-electron chi connectivity index (χ1n) is 8.07. The number of nitrogens with zero attached hydrogens (tertiary/aromatic N) is 1. The molecule has 21 heavy (non-hydrogen) atoms. The van der Waals surface area contributed by atoms with Crippen LogP contribution in [0.5, 0.6) is 0 Å². The van der Waals surface area contributed by atoms with Gasteiger partial charge in [0.15, 0.2) is 5.58 Å². The molecule has 0 saturated heterocycles. The quantitative estimate of drug-likeness (QED) is 0.803. The molecule has 0 aliphatic rings. The maximum Gasteiger partial charge on any atom is 0.419 e. The van der Waals surface area contributed by atoms with Crippen molar-refractivity contribution < 1.29 is 4.42 Å². The van der Waals surface area contributed by atoms with Gasteiger partial charge in [-0.15, -0.1) is 0 Å². The number of aromatic nitrogens is 1. The van der Waals surface area contributed by atoms with E-state index in [9.17, 15) is 4.79 Å². The molecule has 0 saturated carbocycles. The lowest BCUT2D eigenvalue weighted by Gasteiger charge is -2.18. The molecule has 1 atom stereocenters. The van der Waals surface area contributed by atoms with Gasteiger partial charge in [0.2, 0.25) is 0 Å². The average Bonchev–Trinajstić information content (AvgIpc) is 2.81. The summed E-state index contributed by atoms with van der Waals surface area (Å²) in [4.78, 5) is 11.8. The Morgan fingerprint density at radius 2 is 2.05 bits per heavy atom. The molecule has 0 amide bonds. The van der Waals surface area contributed by atoms with E-state index >= 15 is 0 Å². The highest BCUT2D eigenvalue weighted by molar-refractivity contribution is 5.73. The number of oxazole rings is 1. The molecule has 2 rings (SSSR count). The van der Waals surface area contributed by atoms with Gasteiger partial charge in [0.1, 0.15) is 0 Å². The van der Waals surface area contributed by atoms with Gasteiger partial charge in [-0.25, -0.2) is 4.79 Å². The van der Waals surface area contributed by atoms with Crippen LogP contribution in [0.15, 0.2) is 27.4 Å². The second-order valence-corrected chi connectivity index (χ2v) is 5.49. The van der Waals surface area contributed by atoms with Crippen LogP contribution in [0.1, 0.15) is 58.1 Å². The highest BCUT2D eigenvalue weighted by Gasteiger charge is 2.14. The normalized spacial score (nSPS) is 12.9. The third kappa shape index (κ3) is 3.56. The van der Waals surface area contributed by atoms with Crippen molar-refractivity contribution in [3.63, 3.8) is 0 Å². The van der Waals surface area contributed by atoms with Gasteiger partial charge in [0, 0.05) is 12.6 Å². The predicted octanol–water partition coefficient (Wildman–Crippen LogP) is 3.85. The summed E-state index contributed by atoms with van der Waals surface area (Å²) in [6.07, 6.45) is 4.61. The summed E-state index contributed by atoms with van der Waals surface area (Å²) >= 11 is 0. The number of hydrogen-bond donors (Lipinski definition) is 1. The molecule has 4 heteroatoms. The Balaban J connectivity index is 2.31. The minimum atomic E-state index is -0.267. The lowest BCUT2D eigenvalue weighted by atomic mass is 10.0. The summed E-state index contributed by atoms with van der Waals surface area (Å²) in [5.41, 5.74) is 2.79. The summed E-state index contributed by atoms with van der Waals surface area (Å²) in [5.74, 6) is -0.267. The van der Waals surface area contributed by atoms with E-state index in [4.69, 9.17) is 4.42 Å². The zero-order valence-electron chi connectivity index (χ0n) is 13.3. The van der Waals surface area contributed by atoms with Crippen molar-refractivity contribution in [2.24, 2.45) is 0 Å². The van der Waals surface area contributed by atoms with Crippen LogP contribution in [0.3, 0.4) is 0 Å². The molecule has 0 aliphatic heterocycles. The van der Waals surface area contributed by atoms with Crippen molar-refractivity contribution in [2.75, 3.05) is 6.54 Å². The first-order valence-corrected chi connectivity index (χ1v) is 8.07. The molecular formula is C17H26N2O2. The summed E-state index contributed by atoms with van der Waals surface area (Å²) < 4.78 is 7.04. The molecule has 0 fully saturated rings. The Hall–Kier alpha value is -1.55. The Morgan fingerprint density at radius 3 is 2.71 bits per heavy atom. The van der Waals surface area contributed by atoms with Crippen LogP contribution in [0.2, 0.25) is 0 Å². The monoisotopic (exact) mass is 290 g/mol. The second kappa shape index (κ2) is 7.46. The molecule has 0 aliphatic carbocycles. The van der Waals surface area contributed by atoms with Crippen LogP contribution in [0.4, 0.5) is 0 Å². The van der Waals surface area contributed by atoms with Crippen molar-refractivity contribution in [1.82, 2.24) is 9.88 Å². The first kappa shape index (κ1) is 15.8. The highest BCUT2D eigenvalue weighted by atomic mass is 16.4. The van der Waals surface area contributed by atoms with Crippen molar-refractivity contribution >= 4 is 11.1 Å². The first-order chi connectivity index (χ1) is 10.2. The third-order valence-electron chi connectivity index (χ3n) is 3.90. The van der Waals surface area contributed by atoms with E-state index in [1.54, 1.807) is 4.57 Å². The van der Waals surface area contributed by atoms with Crippen LogP contribution < -0.4 is 11.1 Å². The number of fused-ring (bicyclic) bond motifs is 1. The Labute approximate surface area is 126 Å². The van der Waals surface area contributed by atoms with Crippen LogP contribution in [-0.2, 0) is 6.54 Å². The molecule has 1 aromatic heterocycles. The maximum absolute atomic E-state index is 11.8. The number of rotatable bonds is 8. The lowest BCUT2D eigenvalue weighted by molar-refractivity contribution is 0.480. The molecule has 0 radical (unpaired) electrons. The summed E-state index contributed by atoms with van der Waals surface area (Å²) in [7, 11) is 0. The summed E-state index contributed by atoms with van der Waals surface area (Å²) in [5, 5.41) is 3.59. The minimum Gasteiger partial charge on any atom is -0.408 e. The zero-order valence-corrected chi connectivity index (χ0v) is 13.3.